The van der Waals surface area contributed by atoms with Crippen LogP contribution >= 0.6 is 0 Å². The Labute approximate surface area is 121 Å². The molecule has 1 aliphatic rings. The standard InChI is InChI=1S/C14H18N2O5/c1-8(12-3-2-6-21-12)15-14(20)16-11-5-4-9(17)7-10(11)13(18)19/h4-5,7-8,12,17H,2-3,6H2,1H3,(H,18,19)(H2,15,16,20). The van der Waals surface area contributed by atoms with E-state index in [1.165, 1.54) is 12.1 Å². The zero-order valence-corrected chi connectivity index (χ0v) is 11.6. The van der Waals surface area contributed by atoms with E-state index in [4.69, 9.17) is 9.84 Å². The van der Waals surface area contributed by atoms with Crippen LogP contribution in [-0.4, -0.2) is 41.0 Å². The molecule has 1 heterocycles. The van der Waals surface area contributed by atoms with E-state index in [9.17, 15) is 14.7 Å². The number of hydrogen-bond acceptors (Lipinski definition) is 4. The number of phenolic OH excluding ortho intramolecular Hbond substituents is 1. The second kappa shape index (κ2) is 6.45. The first-order valence-electron chi connectivity index (χ1n) is 6.73. The number of carbonyl (C=O) groups is 2. The number of aromatic carboxylic acids is 1. The predicted octanol–water partition coefficient (Wildman–Crippen LogP) is 1.78. The van der Waals surface area contributed by atoms with Crippen molar-refractivity contribution >= 4 is 17.7 Å². The molecule has 0 spiro atoms. The predicted molar refractivity (Wildman–Crippen MR) is 75.7 cm³/mol. The molecular weight excluding hydrogens is 276 g/mol. The fourth-order valence-electron chi connectivity index (χ4n) is 2.27. The van der Waals surface area contributed by atoms with E-state index in [0.717, 1.165) is 18.9 Å². The summed E-state index contributed by atoms with van der Waals surface area (Å²) in [5.74, 6) is -1.40. The fraction of sp³-hybridized carbons (Fsp3) is 0.429. The van der Waals surface area contributed by atoms with Crippen LogP contribution in [-0.2, 0) is 4.74 Å². The maximum atomic E-state index is 11.9. The minimum absolute atomic E-state index is 0.0190. The normalized spacial score (nSPS) is 19.0. The van der Waals surface area contributed by atoms with Gasteiger partial charge in [-0.2, -0.15) is 0 Å². The van der Waals surface area contributed by atoms with Gasteiger partial charge in [0.15, 0.2) is 0 Å². The van der Waals surface area contributed by atoms with Gasteiger partial charge in [-0.1, -0.05) is 0 Å². The first-order valence-corrected chi connectivity index (χ1v) is 6.73. The lowest BCUT2D eigenvalue weighted by molar-refractivity contribution is 0.0697. The molecule has 1 aromatic carbocycles. The average molecular weight is 294 g/mol. The van der Waals surface area contributed by atoms with E-state index in [2.05, 4.69) is 10.6 Å². The largest absolute Gasteiger partial charge is 0.508 e. The van der Waals surface area contributed by atoms with Gasteiger partial charge < -0.3 is 25.6 Å². The van der Waals surface area contributed by atoms with Crippen LogP contribution in [0.3, 0.4) is 0 Å². The number of phenols is 1. The molecule has 2 rings (SSSR count). The third kappa shape index (κ3) is 3.85. The highest BCUT2D eigenvalue weighted by atomic mass is 16.5. The average Bonchev–Trinajstić information content (AvgIpc) is 2.94. The van der Waals surface area contributed by atoms with Crippen LogP contribution in [0.4, 0.5) is 10.5 Å². The first kappa shape index (κ1) is 15.1. The number of urea groups is 1. The van der Waals surface area contributed by atoms with Crippen molar-refractivity contribution in [2.45, 2.75) is 31.9 Å². The third-order valence-corrected chi connectivity index (χ3v) is 3.36. The highest BCUT2D eigenvalue weighted by molar-refractivity contribution is 6.00. The summed E-state index contributed by atoms with van der Waals surface area (Å²) in [5.41, 5.74) is -0.0488. The summed E-state index contributed by atoms with van der Waals surface area (Å²) in [6, 6.07) is 3.06. The molecule has 114 valence electrons. The van der Waals surface area contributed by atoms with Gasteiger partial charge >= 0.3 is 12.0 Å². The Bertz CT molecular complexity index is 540. The number of carboxylic acid groups (broad SMARTS) is 1. The van der Waals surface area contributed by atoms with Crippen molar-refractivity contribution in [3.63, 3.8) is 0 Å². The molecule has 1 aromatic rings. The molecule has 7 nitrogen and oxygen atoms in total. The Hall–Kier alpha value is -2.28. The molecule has 2 amide bonds. The number of aromatic hydroxyl groups is 1. The molecule has 0 saturated carbocycles. The molecule has 2 unspecified atom stereocenters. The molecule has 7 heteroatoms. The number of anilines is 1. The van der Waals surface area contributed by atoms with Crippen molar-refractivity contribution in [1.29, 1.82) is 0 Å². The van der Waals surface area contributed by atoms with Crippen LogP contribution in [0.25, 0.3) is 0 Å². The molecule has 4 N–H and O–H groups in total. The van der Waals surface area contributed by atoms with Crippen LogP contribution in [0.1, 0.15) is 30.1 Å². The molecule has 1 fully saturated rings. The molecule has 0 radical (unpaired) electrons. The summed E-state index contributed by atoms with van der Waals surface area (Å²) in [5, 5.41) is 23.6. The molecule has 21 heavy (non-hydrogen) atoms. The molecule has 0 bridgehead atoms. The Morgan fingerprint density at radius 2 is 2.19 bits per heavy atom. The molecular formula is C14H18N2O5. The smallest absolute Gasteiger partial charge is 0.337 e. The quantitative estimate of drug-likeness (QED) is 0.633. The van der Waals surface area contributed by atoms with Gasteiger partial charge in [0.25, 0.3) is 0 Å². The Kier molecular flexibility index (Phi) is 4.64. The molecule has 1 saturated heterocycles. The lowest BCUT2D eigenvalue weighted by Crippen LogP contribution is -2.43. The number of nitrogens with one attached hydrogen (secondary N) is 2. The monoisotopic (exact) mass is 294 g/mol. The van der Waals surface area contributed by atoms with E-state index >= 15 is 0 Å². The van der Waals surface area contributed by atoms with Crippen molar-refractivity contribution in [1.82, 2.24) is 5.32 Å². The first-order chi connectivity index (χ1) is 9.97. The zero-order chi connectivity index (χ0) is 15.4. The van der Waals surface area contributed by atoms with Gasteiger partial charge in [0.2, 0.25) is 0 Å². The van der Waals surface area contributed by atoms with Gasteiger partial charge in [-0.15, -0.1) is 0 Å². The second-order valence-electron chi connectivity index (χ2n) is 4.97. The summed E-state index contributed by atoms with van der Waals surface area (Å²) in [7, 11) is 0. The van der Waals surface area contributed by atoms with Crippen molar-refractivity contribution < 1.29 is 24.5 Å². The van der Waals surface area contributed by atoms with Crippen molar-refractivity contribution in [3.05, 3.63) is 23.8 Å². The minimum atomic E-state index is -1.23. The van der Waals surface area contributed by atoms with Crippen LogP contribution < -0.4 is 10.6 Å². The van der Waals surface area contributed by atoms with Crippen molar-refractivity contribution in [3.8, 4) is 5.75 Å². The number of carboxylic acids is 1. The number of benzene rings is 1. The number of hydrogen-bond donors (Lipinski definition) is 4. The summed E-state index contributed by atoms with van der Waals surface area (Å²) in [6.45, 7) is 2.53. The van der Waals surface area contributed by atoms with Crippen LogP contribution in [0.15, 0.2) is 18.2 Å². The van der Waals surface area contributed by atoms with Gasteiger partial charge in [0.05, 0.1) is 23.4 Å². The molecule has 0 aromatic heterocycles. The number of amides is 2. The van der Waals surface area contributed by atoms with Gasteiger partial charge in [-0.25, -0.2) is 9.59 Å². The van der Waals surface area contributed by atoms with E-state index < -0.39 is 12.0 Å². The maximum Gasteiger partial charge on any atom is 0.337 e. The van der Waals surface area contributed by atoms with Gasteiger partial charge in [-0.05, 0) is 38.0 Å². The zero-order valence-electron chi connectivity index (χ0n) is 11.6. The van der Waals surface area contributed by atoms with Gasteiger partial charge in [-0.3, -0.25) is 0 Å². The Morgan fingerprint density at radius 3 is 2.81 bits per heavy atom. The summed E-state index contributed by atoms with van der Waals surface area (Å²) >= 11 is 0. The van der Waals surface area contributed by atoms with Gasteiger partial charge in [0, 0.05) is 6.61 Å². The highest BCUT2D eigenvalue weighted by Crippen LogP contribution is 2.21. The lowest BCUT2D eigenvalue weighted by Gasteiger charge is -2.20. The van der Waals surface area contributed by atoms with Crippen LogP contribution in [0, 0.1) is 0 Å². The lowest BCUT2D eigenvalue weighted by atomic mass is 10.1. The van der Waals surface area contributed by atoms with E-state index in [-0.39, 0.29) is 29.1 Å². The Morgan fingerprint density at radius 1 is 1.43 bits per heavy atom. The van der Waals surface area contributed by atoms with E-state index in [0.29, 0.717) is 6.61 Å². The summed E-state index contributed by atoms with van der Waals surface area (Å²) in [4.78, 5) is 23.0. The van der Waals surface area contributed by atoms with E-state index in [1.54, 1.807) is 0 Å². The highest BCUT2D eigenvalue weighted by Gasteiger charge is 2.24. The topological polar surface area (TPSA) is 108 Å². The third-order valence-electron chi connectivity index (χ3n) is 3.36. The number of rotatable bonds is 4. The fourth-order valence-corrected chi connectivity index (χ4v) is 2.27. The Balaban J connectivity index is 2.00. The second-order valence-corrected chi connectivity index (χ2v) is 4.97. The number of carbonyl (C=O) groups excluding carboxylic acids is 1. The SMILES string of the molecule is CC(NC(=O)Nc1ccc(O)cc1C(=O)O)C1CCCO1. The summed E-state index contributed by atoms with van der Waals surface area (Å²) < 4.78 is 5.47. The van der Waals surface area contributed by atoms with Gasteiger partial charge in [0.1, 0.15) is 5.75 Å². The minimum Gasteiger partial charge on any atom is -0.508 e. The summed E-state index contributed by atoms with van der Waals surface area (Å²) in [6.07, 6.45) is 1.84. The molecule has 0 aliphatic carbocycles. The van der Waals surface area contributed by atoms with E-state index in [1.807, 2.05) is 6.92 Å². The van der Waals surface area contributed by atoms with Crippen LogP contribution in [0.2, 0.25) is 0 Å². The maximum absolute atomic E-state index is 11.9. The van der Waals surface area contributed by atoms with Crippen molar-refractivity contribution in [2.75, 3.05) is 11.9 Å². The van der Waals surface area contributed by atoms with Crippen LogP contribution in [0.5, 0.6) is 5.75 Å². The number of ether oxygens (including phenoxy) is 1. The molecule has 2 atom stereocenters. The molecule has 1 aliphatic heterocycles. The van der Waals surface area contributed by atoms with Crippen molar-refractivity contribution in [2.24, 2.45) is 0 Å².